The summed E-state index contributed by atoms with van der Waals surface area (Å²) in [4.78, 5) is 12.1. The summed E-state index contributed by atoms with van der Waals surface area (Å²) in [6, 6.07) is 3.11. The lowest BCUT2D eigenvalue weighted by atomic mass is 9.48. The summed E-state index contributed by atoms with van der Waals surface area (Å²) in [5.41, 5.74) is 1.77. The number of carbonyl (C=O) groups is 1. The summed E-state index contributed by atoms with van der Waals surface area (Å²) >= 11 is 0. The molecule has 4 rings (SSSR count). The Morgan fingerprint density at radius 1 is 1.23 bits per heavy atom. The topological polar surface area (TPSA) is 66.8 Å². The molecule has 0 aromatic heterocycles. The molecule has 1 fully saturated rings. The Labute approximate surface area is 129 Å². The number of hydrogen-bond donors (Lipinski definition) is 2. The number of rotatable bonds is 3. The highest BCUT2D eigenvalue weighted by Crippen LogP contribution is 2.58. The maximum Gasteiger partial charge on any atom is 0.200 e. The number of aromatic hydroxyl groups is 2. The van der Waals surface area contributed by atoms with Gasteiger partial charge in [-0.1, -0.05) is 26.0 Å². The number of hydrogen-bond acceptors (Lipinski definition) is 4. The number of methoxy groups -OCH3 is 1. The van der Waals surface area contributed by atoms with E-state index >= 15 is 0 Å². The molecule has 2 N–H and O–H groups in total. The Morgan fingerprint density at radius 2 is 1.95 bits per heavy atom. The van der Waals surface area contributed by atoms with Crippen LogP contribution in [0.4, 0.5) is 0 Å². The molecule has 0 radical (unpaired) electrons. The molecule has 116 valence electrons. The third kappa shape index (κ3) is 2.10. The normalized spacial score (nSPS) is 25.8. The molecule has 0 amide bonds. The number of carbonyl (C=O) groups excluding carboxylic acids is 1. The molecule has 3 aliphatic carbocycles. The van der Waals surface area contributed by atoms with Crippen LogP contribution in [-0.2, 0) is 4.79 Å². The smallest absolute Gasteiger partial charge is 0.200 e. The molecular formula is C18H20O4. The Hall–Kier alpha value is -2.23. The van der Waals surface area contributed by atoms with Gasteiger partial charge in [-0.25, -0.2) is 0 Å². The first-order chi connectivity index (χ1) is 10.3. The molecule has 2 atom stereocenters. The fourth-order valence-electron chi connectivity index (χ4n) is 3.56. The zero-order chi connectivity index (χ0) is 16.1. The molecule has 0 heterocycles. The average Bonchev–Trinajstić information content (AvgIpc) is 2.47. The number of phenols is 2. The second-order valence-corrected chi connectivity index (χ2v) is 6.63. The summed E-state index contributed by atoms with van der Waals surface area (Å²) in [5.74, 6) is 0.494. The van der Waals surface area contributed by atoms with Gasteiger partial charge >= 0.3 is 0 Å². The minimum atomic E-state index is -0.269. The van der Waals surface area contributed by atoms with E-state index in [0.29, 0.717) is 11.5 Å². The van der Waals surface area contributed by atoms with Crippen LogP contribution in [0.15, 0.2) is 29.9 Å². The average molecular weight is 300 g/mol. The van der Waals surface area contributed by atoms with Gasteiger partial charge in [0.05, 0.1) is 7.11 Å². The van der Waals surface area contributed by atoms with Crippen LogP contribution >= 0.6 is 0 Å². The van der Waals surface area contributed by atoms with Gasteiger partial charge in [0, 0.05) is 5.92 Å². The molecule has 2 bridgehead atoms. The summed E-state index contributed by atoms with van der Waals surface area (Å²) < 4.78 is 5.02. The monoisotopic (exact) mass is 300 g/mol. The predicted octanol–water partition coefficient (Wildman–Crippen LogP) is 3.29. The van der Waals surface area contributed by atoms with Gasteiger partial charge in [0.2, 0.25) is 5.75 Å². The van der Waals surface area contributed by atoms with Crippen molar-refractivity contribution in [3.63, 3.8) is 0 Å². The first-order valence-corrected chi connectivity index (χ1v) is 7.38. The number of ether oxygens (including phenoxy) is 1. The minimum absolute atomic E-state index is 0.0281. The lowest BCUT2D eigenvalue weighted by molar-refractivity contribution is -0.133. The Morgan fingerprint density at radius 3 is 2.55 bits per heavy atom. The second kappa shape index (κ2) is 4.90. The largest absolute Gasteiger partial charge is 0.504 e. The van der Waals surface area contributed by atoms with Crippen LogP contribution in [-0.4, -0.2) is 23.1 Å². The summed E-state index contributed by atoms with van der Waals surface area (Å²) in [7, 11) is 1.43. The van der Waals surface area contributed by atoms with Crippen molar-refractivity contribution in [2.45, 2.75) is 20.3 Å². The third-order valence-corrected chi connectivity index (χ3v) is 5.09. The van der Waals surface area contributed by atoms with Crippen molar-refractivity contribution in [2.24, 2.45) is 17.3 Å². The van der Waals surface area contributed by atoms with Crippen molar-refractivity contribution in [3.05, 3.63) is 35.4 Å². The molecule has 1 saturated carbocycles. The van der Waals surface area contributed by atoms with Crippen molar-refractivity contribution in [3.8, 4) is 17.2 Å². The number of fused-ring (bicyclic) bond motifs is 1. The predicted molar refractivity (Wildman–Crippen MR) is 83.8 cm³/mol. The van der Waals surface area contributed by atoms with Crippen molar-refractivity contribution < 1.29 is 19.7 Å². The number of benzene rings is 1. The van der Waals surface area contributed by atoms with Gasteiger partial charge in [-0.3, -0.25) is 4.79 Å². The van der Waals surface area contributed by atoms with Crippen LogP contribution in [0.25, 0.3) is 6.08 Å². The fourth-order valence-corrected chi connectivity index (χ4v) is 3.56. The molecular weight excluding hydrogens is 280 g/mol. The molecule has 1 aromatic rings. The zero-order valence-electron chi connectivity index (χ0n) is 13.0. The summed E-state index contributed by atoms with van der Waals surface area (Å²) in [5, 5.41) is 19.3. The number of allylic oxidation sites excluding steroid dienone is 3. The van der Waals surface area contributed by atoms with Gasteiger partial charge in [0.25, 0.3) is 0 Å². The SMILES string of the molecule is COc1cc(C=CC2=CC(=O)[C@@H]3C[C@H]2C3(C)C)cc(O)c1O. The first-order valence-electron chi connectivity index (χ1n) is 7.38. The standard InChI is InChI=1S/C18H20O4/c1-18(2)12-9-13(18)14(19)8-11(12)5-4-10-6-15(20)17(21)16(7-10)22-3/h4-8,12-13,20-21H,9H2,1-3H3/t12-,13+/m1/s1. The van der Waals surface area contributed by atoms with Gasteiger partial charge in [-0.2, -0.15) is 0 Å². The zero-order valence-corrected chi connectivity index (χ0v) is 13.0. The molecule has 22 heavy (non-hydrogen) atoms. The van der Waals surface area contributed by atoms with Gasteiger partial charge in [0.15, 0.2) is 17.3 Å². The molecule has 3 aliphatic rings. The van der Waals surface area contributed by atoms with Gasteiger partial charge in [-0.15, -0.1) is 0 Å². The van der Waals surface area contributed by atoms with Crippen molar-refractivity contribution >= 4 is 11.9 Å². The van der Waals surface area contributed by atoms with Crippen LogP contribution in [0.5, 0.6) is 17.2 Å². The molecule has 0 aliphatic heterocycles. The molecule has 0 spiro atoms. The van der Waals surface area contributed by atoms with Crippen molar-refractivity contribution in [2.75, 3.05) is 7.11 Å². The van der Waals surface area contributed by atoms with E-state index in [-0.39, 0.29) is 34.4 Å². The Balaban J connectivity index is 1.89. The minimum Gasteiger partial charge on any atom is -0.504 e. The van der Waals surface area contributed by atoms with Crippen LogP contribution in [0.1, 0.15) is 25.8 Å². The van der Waals surface area contributed by atoms with Gasteiger partial charge in [0.1, 0.15) is 0 Å². The van der Waals surface area contributed by atoms with Crippen LogP contribution in [0.3, 0.4) is 0 Å². The Kier molecular flexibility index (Phi) is 3.28. The highest BCUT2D eigenvalue weighted by atomic mass is 16.5. The van der Waals surface area contributed by atoms with Gasteiger partial charge < -0.3 is 14.9 Å². The van der Waals surface area contributed by atoms with E-state index in [4.69, 9.17) is 4.74 Å². The highest BCUT2D eigenvalue weighted by Gasteiger charge is 2.54. The van der Waals surface area contributed by atoms with E-state index in [0.717, 1.165) is 12.0 Å². The highest BCUT2D eigenvalue weighted by molar-refractivity contribution is 5.96. The number of phenolic OH excluding ortho intramolecular Hbond substituents is 2. The van der Waals surface area contributed by atoms with E-state index in [1.807, 2.05) is 12.2 Å². The molecule has 1 aromatic carbocycles. The van der Waals surface area contributed by atoms with Crippen LogP contribution < -0.4 is 4.74 Å². The molecule has 0 unspecified atom stereocenters. The lowest BCUT2D eigenvalue weighted by Crippen LogP contribution is -2.52. The van der Waals surface area contributed by atoms with Crippen molar-refractivity contribution in [1.29, 1.82) is 0 Å². The quantitative estimate of drug-likeness (QED) is 0.841. The van der Waals surface area contributed by atoms with Crippen LogP contribution in [0, 0.1) is 17.3 Å². The third-order valence-electron chi connectivity index (χ3n) is 5.09. The van der Waals surface area contributed by atoms with E-state index in [2.05, 4.69) is 13.8 Å². The van der Waals surface area contributed by atoms with E-state index in [9.17, 15) is 15.0 Å². The van der Waals surface area contributed by atoms with Crippen molar-refractivity contribution in [1.82, 2.24) is 0 Å². The number of ketones is 1. The molecule has 0 saturated heterocycles. The summed E-state index contributed by atoms with van der Waals surface area (Å²) in [6.45, 7) is 4.28. The molecule has 4 heteroatoms. The van der Waals surface area contributed by atoms with E-state index < -0.39 is 0 Å². The fraction of sp³-hybridized carbons (Fsp3) is 0.389. The lowest BCUT2D eigenvalue weighted by Gasteiger charge is -2.54. The molecule has 4 nitrogen and oxygen atoms in total. The first kappa shape index (κ1) is 14.7. The maximum absolute atomic E-state index is 12.1. The maximum atomic E-state index is 12.1. The van der Waals surface area contributed by atoms with Gasteiger partial charge in [-0.05, 0) is 47.1 Å². The second-order valence-electron chi connectivity index (χ2n) is 6.63. The van der Waals surface area contributed by atoms with E-state index in [1.54, 1.807) is 12.1 Å². The van der Waals surface area contributed by atoms with Crippen LogP contribution in [0.2, 0.25) is 0 Å². The Bertz CT molecular complexity index is 697. The van der Waals surface area contributed by atoms with E-state index in [1.165, 1.54) is 13.2 Å². The summed E-state index contributed by atoms with van der Waals surface area (Å²) in [6.07, 6.45) is 6.41.